The molecule has 2 aliphatic heterocycles. The molecule has 1 amide bonds. The second-order valence-electron chi connectivity index (χ2n) is 8.06. The average molecular weight is 426 g/mol. The first-order valence-electron chi connectivity index (χ1n) is 10.9. The number of anilines is 1. The highest BCUT2D eigenvalue weighted by Gasteiger charge is 2.22. The molecule has 7 nitrogen and oxygen atoms in total. The molecule has 4 rings (SSSR count). The van der Waals surface area contributed by atoms with Gasteiger partial charge in [0, 0.05) is 43.5 Å². The molecule has 1 unspecified atom stereocenters. The van der Waals surface area contributed by atoms with E-state index >= 15 is 0 Å². The van der Waals surface area contributed by atoms with Gasteiger partial charge in [0.2, 0.25) is 0 Å². The second kappa shape index (κ2) is 10.0. The zero-order valence-electron chi connectivity index (χ0n) is 18.3. The summed E-state index contributed by atoms with van der Waals surface area (Å²) in [6, 6.07) is 14.7. The van der Waals surface area contributed by atoms with Crippen LogP contribution in [0.1, 0.15) is 29.7 Å². The van der Waals surface area contributed by atoms with Crippen molar-refractivity contribution >= 4 is 11.8 Å². The number of hydrogen-bond donors (Lipinski definition) is 1. The molecule has 2 saturated heterocycles. The highest BCUT2D eigenvalue weighted by Crippen LogP contribution is 2.27. The summed E-state index contributed by atoms with van der Waals surface area (Å²) in [5, 5.41) is 3.59. The van der Waals surface area contributed by atoms with Gasteiger partial charge in [0.25, 0.3) is 0 Å². The Morgan fingerprint density at radius 3 is 2.65 bits per heavy atom. The molecular weight excluding hydrogens is 394 g/mol. The molecule has 31 heavy (non-hydrogen) atoms. The van der Waals surface area contributed by atoms with E-state index in [1.807, 2.05) is 12.1 Å². The predicted octanol–water partition coefficient (Wildman–Crippen LogP) is 3.65. The van der Waals surface area contributed by atoms with Crippen molar-refractivity contribution in [2.75, 3.05) is 51.9 Å². The van der Waals surface area contributed by atoms with Gasteiger partial charge < -0.3 is 24.4 Å². The van der Waals surface area contributed by atoms with Crippen LogP contribution in [0.4, 0.5) is 10.5 Å². The van der Waals surface area contributed by atoms with Crippen LogP contribution in [0.5, 0.6) is 5.75 Å². The van der Waals surface area contributed by atoms with Crippen LogP contribution < -0.4 is 10.1 Å². The van der Waals surface area contributed by atoms with Crippen molar-refractivity contribution < 1.29 is 19.0 Å². The molecule has 0 aromatic heterocycles. The van der Waals surface area contributed by atoms with Crippen molar-refractivity contribution in [2.24, 2.45) is 0 Å². The van der Waals surface area contributed by atoms with Crippen molar-refractivity contribution in [1.29, 1.82) is 0 Å². The van der Waals surface area contributed by atoms with E-state index in [9.17, 15) is 4.79 Å². The minimum absolute atomic E-state index is 0.126. The van der Waals surface area contributed by atoms with Gasteiger partial charge in [-0.25, -0.2) is 4.79 Å². The lowest BCUT2D eigenvalue weighted by Gasteiger charge is -2.27. The van der Waals surface area contributed by atoms with Crippen molar-refractivity contribution in [1.82, 2.24) is 9.80 Å². The van der Waals surface area contributed by atoms with Gasteiger partial charge in [0.15, 0.2) is 0 Å². The summed E-state index contributed by atoms with van der Waals surface area (Å²) >= 11 is 0. The first-order valence-corrected chi connectivity index (χ1v) is 10.9. The largest absolute Gasteiger partial charge is 0.496 e. The van der Waals surface area contributed by atoms with Gasteiger partial charge in [-0.15, -0.1) is 0 Å². The molecule has 0 radical (unpaired) electrons. The standard InChI is InChI=1S/C24H31N3O4/c1-18(25-22-5-3-4-19(14-22)16-27-10-13-31-24(27)28)20-6-7-23(29-2)21(15-20)17-26-8-11-30-12-9-26/h3-7,14-15,18,25H,8-13,16-17H2,1-2H3. The second-order valence-corrected chi connectivity index (χ2v) is 8.06. The summed E-state index contributed by atoms with van der Waals surface area (Å²) in [5.74, 6) is 0.918. The highest BCUT2D eigenvalue weighted by molar-refractivity contribution is 5.69. The van der Waals surface area contributed by atoms with Gasteiger partial charge in [-0.05, 0) is 42.3 Å². The van der Waals surface area contributed by atoms with Crippen LogP contribution in [-0.2, 0) is 22.6 Å². The van der Waals surface area contributed by atoms with Crippen molar-refractivity contribution in [2.45, 2.75) is 26.1 Å². The van der Waals surface area contributed by atoms with E-state index in [4.69, 9.17) is 14.2 Å². The summed E-state index contributed by atoms with van der Waals surface area (Å²) in [4.78, 5) is 15.8. The molecule has 2 aromatic rings. The van der Waals surface area contributed by atoms with E-state index in [2.05, 4.69) is 47.5 Å². The maximum Gasteiger partial charge on any atom is 0.410 e. The predicted molar refractivity (Wildman–Crippen MR) is 119 cm³/mol. The van der Waals surface area contributed by atoms with E-state index in [0.29, 0.717) is 19.7 Å². The molecule has 0 saturated carbocycles. The van der Waals surface area contributed by atoms with Gasteiger partial charge in [0.05, 0.1) is 26.9 Å². The molecule has 2 aromatic carbocycles. The Labute approximate surface area is 183 Å². The van der Waals surface area contributed by atoms with Gasteiger partial charge in [-0.3, -0.25) is 4.90 Å². The third-order valence-corrected chi connectivity index (χ3v) is 5.83. The molecule has 2 fully saturated rings. The van der Waals surface area contributed by atoms with Crippen LogP contribution >= 0.6 is 0 Å². The number of cyclic esters (lactones) is 1. The van der Waals surface area contributed by atoms with Crippen molar-refractivity contribution in [3.63, 3.8) is 0 Å². The molecule has 7 heteroatoms. The lowest BCUT2D eigenvalue weighted by Crippen LogP contribution is -2.35. The Morgan fingerprint density at radius 1 is 1.06 bits per heavy atom. The Morgan fingerprint density at radius 2 is 1.90 bits per heavy atom. The lowest BCUT2D eigenvalue weighted by molar-refractivity contribution is 0.0339. The van der Waals surface area contributed by atoms with Crippen LogP contribution in [0.3, 0.4) is 0 Å². The lowest BCUT2D eigenvalue weighted by atomic mass is 10.0. The van der Waals surface area contributed by atoms with Crippen LogP contribution in [0.15, 0.2) is 42.5 Å². The zero-order valence-corrected chi connectivity index (χ0v) is 18.3. The monoisotopic (exact) mass is 425 g/mol. The minimum atomic E-state index is -0.238. The van der Waals surface area contributed by atoms with Crippen LogP contribution in [0, 0.1) is 0 Å². The number of methoxy groups -OCH3 is 1. The molecule has 2 aliphatic rings. The summed E-state index contributed by atoms with van der Waals surface area (Å²) in [6.07, 6.45) is -0.238. The van der Waals surface area contributed by atoms with Gasteiger partial charge in [0.1, 0.15) is 12.4 Å². The quantitative estimate of drug-likeness (QED) is 0.697. The summed E-state index contributed by atoms with van der Waals surface area (Å²) in [7, 11) is 1.72. The summed E-state index contributed by atoms with van der Waals surface area (Å²) in [5.41, 5.74) is 4.51. The van der Waals surface area contributed by atoms with E-state index in [0.717, 1.165) is 49.8 Å². The number of nitrogens with one attached hydrogen (secondary N) is 1. The van der Waals surface area contributed by atoms with Crippen LogP contribution in [0.25, 0.3) is 0 Å². The number of rotatable bonds is 8. The molecule has 2 heterocycles. The molecule has 0 aliphatic carbocycles. The Balaban J connectivity index is 1.44. The average Bonchev–Trinajstić information content (AvgIpc) is 3.19. The van der Waals surface area contributed by atoms with Crippen molar-refractivity contribution in [3.05, 3.63) is 59.2 Å². The number of hydrogen-bond acceptors (Lipinski definition) is 6. The summed E-state index contributed by atoms with van der Waals surface area (Å²) in [6.45, 7) is 8.14. The molecule has 0 bridgehead atoms. The van der Waals surface area contributed by atoms with E-state index in [1.165, 1.54) is 11.1 Å². The van der Waals surface area contributed by atoms with Crippen molar-refractivity contribution in [3.8, 4) is 5.75 Å². The molecular formula is C24H31N3O4. The number of nitrogens with zero attached hydrogens (tertiary/aromatic N) is 2. The van der Waals surface area contributed by atoms with Crippen LogP contribution in [-0.4, -0.2) is 62.5 Å². The number of benzene rings is 2. The Kier molecular flexibility index (Phi) is 6.94. The fourth-order valence-electron chi connectivity index (χ4n) is 4.07. The normalized spacial score (nSPS) is 18.0. The molecule has 166 valence electrons. The molecule has 1 N–H and O–H groups in total. The third-order valence-electron chi connectivity index (χ3n) is 5.83. The maximum atomic E-state index is 11.7. The van der Waals surface area contributed by atoms with E-state index < -0.39 is 0 Å². The number of carbonyl (C=O) groups excluding carboxylic acids is 1. The van der Waals surface area contributed by atoms with Crippen LogP contribution in [0.2, 0.25) is 0 Å². The third kappa shape index (κ3) is 5.48. The first kappa shape index (κ1) is 21.5. The number of amides is 1. The zero-order chi connectivity index (χ0) is 21.6. The Bertz CT molecular complexity index is 898. The van der Waals surface area contributed by atoms with Gasteiger partial charge in [-0.1, -0.05) is 18.2 Å². The SMILES string of the molecule is COc1ccc(C(C)Nc2cccc(CN3CCOC3=O)c2)cc1CN1CCOCC1. The Hall–Kier alpha value is -2.77. The smallest absolute Gasteiger partial charge is 0.410 e. The first-order chi connectivity index (χ1) is 15.1. The fraction of sp³-hybridized carbons (Fsp3) is 0.458. The van der Waals surface area contributed by atoms with Gasteiger partial charge in [-0.2, -0.15) is 0 Å². The minimum Gasteiger partial charge on any atom is -0.496 e. The van der Waals surface area contributed by atoms with Gasteiger partial charge >= 0.3 is 6.09 Å². The topological polar surface area (TPSA) is 63.3 Å². The molecule has 1 atom stereocenters. The summed E-state index contributed by atoms with van der Waals surface area (Å²) < 4.78 is 16.1. The van der Waals surface area contributed by atoms with E-state index in [1.54, 1.807) is 12.0 Å². The highest BCUT2D eigenvalue weighted by atomic mass is 16.6. The molecule has 0 spiro atoms. The fourth-order valence-corrected chi connectivity index (χ4v) is 4.07. The number of ether oxygens (including phenoxy) is 3. The number of carbonyl (C=O) groups is 1. The maximum absolute atomic E-state index is 11.7. The van der Waals surface area contributed by atoms with E-state index in [-0.39, 0.29) is 12.1 Å². The number of morpholine rings is 1.